The Hall–Kier alpha value is -2.30. The van der Waals surface area contributed by atoms with Crippen LogP contribution in [0.25, 0.3) is 0 Å². The second-order valence-electron chi connectivity index (χ2n) is 4.25. The van der Waals surface area contributed by atoms with Gasteiger partial charge in [0.05, 0.1) is 17.6 Å². The lowest BCUT2D eigenvalue weighted by atomic mass is 10.1. The van der Waals surface area contributed by atoms with E-state index in [4.69, 9.17) is 0 Å². The lowest BCUT2D eigenvalue weighted by Gasteiger charge is -2.11. The van der Waals surface area contributed by atoms with Gasteiger partial charge in [-0.05, 0) is 30.7 Å². The van der Waals surface area contributed by atoms with Gasteiger partial charge in [-0.15, -0.1) is 5.10 Å². The molecular formula is C11H11F3N4O3S. The van der Waals surface area contributed by atoms with Gasteiger partial charge < -0.3 is 4.74 Å². The normalized spacial score (nSPS) is 12.2. The van der Waals surface area contributed by atoms with Gasteiger partial charge in [-0.2, -0.15) is 18.2 Å². The van der Waals surface area contributed by atoms with Gasteiger partial charge in [0.25, 0.3) is 10.0 Å². The summed E-state index contributed by atoms with van der Waals surface area (Å²) in [5, 5.41) is 5.83. The van der Waals surface area contributed by atoms with E-state index >= 15 is 0 Å². The maximum atomic E-state index is 12.6. The number of aryl methyl sites for hydroxylation is 1. The quantitative estimate of drug-likeness (QED) is 0.889. The molecule has 1 aromatic heterocycles. The summed E-state index contributed by atoms with van der Waals surface area (Å²) in [7, 11) is -2.81. The van der Waals surface area contributed by atoms with E-state index in [-0.39, 0.29) is 22.4 Å². The van der Waals surface area contributed by atoms with Gasteiger partial charge in [0.2, 0.25) is 5.95 Å². The number of nitrogens with zero attached hydrogens (tertiary/aromatic N) is 2. The monoisotopic (exact) mass is 336 g/mol. The molecule has 0 saturated carbocycles. The summed E-state index contributed by atoms with van der Waals surface area (Å²) < 4.78 is 68.8. The lowest BCUT2D eigenvalue weighted by Crippen LogP contribution is -2.16. The molecule has 0 bridgehead atoms. The van der Waals surface area contributed by atoms with E-state index in [0.717, 1.165) is 12.1 Å². The molecule has 0 spiro atoms. The predicted octanol–water partition coefficient (Wildman–Crippen LogP) is 1.94. The molecule has 0 aliphatic carbocycles. The van der Waals surface area contributed by atoms with Crippen LogP contribution in [0.5, 0.6) is 6.01 Å². The molecular weight excluding hydrogens is 325 g/mol. The Balaban J connectivity index is 2.33. The maximum Gasteiger partial charge on any atom is 0.416 e. The number of halogens is 3. The predicted molar refractivity (Wildman–Crippen MR) is 69.9 cm³/mol. The van der Waals surface area contributed by atoms with Gasteiger partial charge in [-0.3, -0.25) is 0 Å². The molecule has 0 unspecified atom stereocenters. The molecule has 0 fully saturated rings. The average Bonchev–Trinajstić information content (AvgIpc) is 2.84. The number of anilines is 1. The minimum atomic E-state index is -4.54. The van der Waals surface area contributed by atoms with Crippen molar-refractivity contribution in [2.45, 2.75) is 18.0 Å². The lowest BCUT2D eigenvalue weighted by molar-refractivity contribution is -0.137. The first-order chi connectivity index (χ1) is 10.1. The Morgan fingerprint density at radius 2 is 2.00 bits per heavy atom. The van der Waals surface area contributed by atoms with E-state index in [9.17, 15) is 21.6 Å². The molecule has 1 heterocycles. The van der Waals surface area contributed by atoms with Crippen LogP contribution < -0.4 is 9.46 Å². The van der Waals surface area contributed by atoms with Crippen LogP contribution >= 0.6 is 0 Å². The van der Waals surface area contributed by atoms with Crippen molar-refractivity contribution >= 4 is 16.0 Å². The fraction of sp³-hybridized carbons (Fsp3) is 0.273. The summed E-state index contributed by atoms with van der Waals surface area (Å²) in [6, 6.07) is 2.26. The Morgan fingerprint density at radius 1 is 1.32 bits per heavy atom. The number of hydrogen-bond acceptors (Lipinski definition) is 5. The van der Waals surface area contributed by atoms with E-state index in [1.165, 1.54) is 14.0 Å². The van der Waals surface area contributed by atoms with Crippen molar-refractivity contribution < 1.29 is 26.3 Å². The molecule has 0 radical (unpaired) electrons. The summed E-state index contributed by atoms with van der Waals surface area (Å²) in [5.41, 5.74) is -0.973. The topological polar surface area (TPSA) is 97.0 Å². The summed E-state index contributed by atoms with van der Waals surface area (Å²) in [5.74, 6) is -0.212. The van der Waals surface area contributed by atoms with Gasteiger partial charge in [-0.1, -0.05) is 0 Å². The van der Waals surface area contributed by atoms with Crippen LogP contribution in [0.4, 0.5) is 19.1 Å². The fourth-order valence-electron chi connectivity index (χ4n) is 1.69. The van der Waals surface area contributed by atoms with Gasteiger partial charge in [0.1, 0.15) is 0 Å². The van der Waals surface area contributed by atoms with Crippen molar-refractivity contribution in [2.75, 3.05) is 11.8 Å². The molecule has 11 heteroatoms. The number of aromatic amines is 1. The van der Waals surface area contributed by atoms with Crippen LogP contribution in [0.1, 0.15) is 11.1 Å². The summed E-state index contributed by atoms with van der Waals surface area (Å²) in [6.07, 6.45) is -4.54. The highest BCUT2D eigenvalue weighted by molar-refractivity contribution is 7.92. The second-order valence-corrected chi connectivity index (χ2v) is 5.91. The van der Waals surface area contributed by atoms with Crippen molar-refractivity contribution in [2.24, 2.45) is 0 Å². The number of benzene rings is 1. The zero-order chi connectivity index (χ0) is 16.5. The molecule has 0 saturated heterocycles. The highest BCUT2D eigenvalue weighted by Gasteiger charge is 2.31. The molecule has 0 amide bonds. The van der Waals surface area contributed by atoms with E-state index < -0.39 is 21.8 Å². The van der Waals surface area contributed by atoms with E-state index in [1.54, 1.807) is 0 Å². The van der Waals surface area contributed by atoms with Gasteiger partial charge in [-0.25, -0.2) is 18.2 Å². The number of ether oxygens (including phenoxy) is 1. The van der Waals surface area contributed by atoms with Crippen molar-refractivity contribution in [3.8, 4) is 6.01 Å². The molecule has 120 valence electrons. The van der Waals surface area contributed by atoms with E-state index in [2.05, 4.69) is 24.6 Å². The van der Waals surface area contributed by atoms with Gasteiger partial charge in [0.15, 0.2) is 0 Å². The Bertz CT molecular complexity index is 786. The third-order valence-electron chi connectivity index (χ3n) is 2.67. The number of methoxy groups -OCH3 is 1. The zero-order valence-corrected chi connectivity index (χ0v) is 12.2. The zero-order valence-electron chi connectivity index (χ0n) is 11.4. The van der Waals surface area contributed by atoms with Crippen LogP contribution in [0.3, 0.4) is 0 Å². The maximum absolute atomic E-state index is 12.6. The Morgan fingerprint density at radius 3 is 2.50 bits per heavy atom. The van der Waals surface area contributed by atoms with Crippen LogP contribution in [0, 0.1) is 6.92 Å². The molecule has 0 atom stereocenters. The van der Waals surface area contributed by atoms with Crippen molar-refractivity contribution in [3.63, 3.8) is 0 Å². The first-order valence-electron chi connectivity index (χ1n) is 5.80. The third-order valence-corrected chi connectivity index (χ3v) is 4.17. The van der Waals surface area contributed by atoms with Crippen molar-refractivity contribution in [3.05, 3.63) is 29.3 Å². The minimum absolute atomic E-state index is 0.0474. The van der Waals surface area contributed by atoms with Gasteiger partial charge in [0, 0.05) is 0 Å². The number of aromatic nitrogens is 3. The highest BCUT2D eigenvalue weighted by atomic mass is 32.2. The highest BCUT2D eigenvalue weighted by Crippen LogP contribution is 2.31. The molecule has 2 rings (SSSR count). The number of alkyl halides is 3. The molecule has 22 heavy (non-hydrogen) atoms. The molecule has 1 aromatic carbocycles. The molecule has 7 nitrogen and oxygen atoms in total. The third kappa shape index (κ3) is 3.30. The number of H-pyrrole nitrogens is 1. The fourth-order valence-corrected chi connectivity index (χ4v) is 2.88. The molecule has 2 aromatic rings. The first-order valence-corrected chi connectivity index (χ1v) is 7.29. The summed E-state index contributed by atoms with van der Waals surface area (Å²) in [4.78, 5) is 3.37. The smallest absolute Gasteiger partial charge is 0.416 e. The summed E-state index contributed by atoms with van der Waals surface area (Å²) in [6.45, 7) is 1.27. The number of sulfonamides is 1. The number of nitrogens with one attached hydrogen (secondary N) is 2. The Labute approximate surface area is 123 Å². The molecule has 0 aliphatic heterocycles. The van der Waals surface area contributed by atoms with Crippen LogP contribution in [0.2, 0.25) is 0 Å². The van der Waals surface area contributed by atoms with Gasteiger partial charge >= 0.3 is 12.2 Å². The van der Waals surface area contributed by atoms with Crippen LogP contribution in [-0.2, 0) is 16.2 Å². The van der Waals surface area contributed by atoms with E-state index in [0.29, 0.717) is 6.07 Å². The van der Waals surface area contributed by atoms with Crippen molar-refractivity contribution in [1.29, 1.82) is 0 Å². The SMILES string of the molecule is COc1n[nH]c(NS(=O)(=O)c2ccc(C(F)(F)F)cc2C)n1. The van der Waals surface area contributed by atoms with Crippen molar-refractivity contribution in [1.82, 2.24) is 15.2 Å². The first kappa shape index (κ1) is 16.1. The number of hydrogen-bond donors (Lipinski definition) is 2. The van der Waals surface area contributed by atoms with E-state index in [1.807, 2.05) is 0 Å². The average molecular weight is 336 g/mol. The summed E-state index contributed by atoms with van der Waals surface area (Å²) >= 11 is 0. The standard InChI is InChI=1S/C11H11F3N4O3S/c1-6-5-7(11(12,13)14)3-4-8(6)22(19,20)18-9-15-10(21-2)17-16-9/h3-5H,1-2H3,(H2,15,16,17,18). The minimum Gasteiger partial charge on any atom is -0.466 e. The number of rotatable bonds is 4. The second kappa shape index (κ2) is 5.48. The molecule has 2 N–H and O–H groups in total. The largest absolute Gasteiger partial charge is 0.466 e. The molecule has 0 aliphatic rings. The van der Waals surface area contributed by atoms with Crippen LogP contribution in [0.15, 0.2) is 23.1 Å². The van der Waals surface area contributed by atoms with Crippen LogP contribution in [-0.4, -0.2) is 30.7 Å². The Kier molecular flexibility index (Phi) is 4.00.